The van der Waals surface area contributed by atoms with E-state index in [4.69, 9.17) is 4.74 Å². The number of aliphatic carboxylic acids is 1. The van der Waals surface area contributed by atoms with Crippen molar-refractivity contribution in [3.05, 3.63) is 71.0 Å². The van der Waals surface area contributed by atoms with Crippen LogP contribution < -0.4 is 14.7 Å². The summed E-state index contributed by atoms with van der Waals surface area (Å²) >= 11 is 0. The van der Waals surface area contributed by atoms with Crippen LogP contribution >= 0.6 is 0 Å². The molecular formula is C26H30N3O3-. The van der Waals surface area contributed by atoms with E-state index < -0.39 is 12.6 Å². The van der Waals surface area contributed by atoms with Gasteiger partial charge >= 0.3 is 0 Å². The van der Waals surface area contributed by atoms with Gasteiger partial charge in [0.15, 0.2) is 0 Å². The molecular weight excluding hydrogens is 402 g/mol. The third-order valence-electron chi connectivity index (χ3n) is 5.42. The number of aromatic nitrogens is 2. The molecule has 0 N–H and O–H groups in total. The van der Waals surface area contributed by atoms with Crippen LogP contribution in [0.1, 0.15) is 42.0 Å². The first kappa shape index (κ1) is 23.3. The number of carbonyl (C=O) groups excluding carboxylic acids is 1. The monoisotopic (exact) mass is 432 g/mol. The molecule has 32 heavy (non-hydrogen) atoms. The number of aryl methyl sites for hydroxylation is 2. The van der Waals surface area contributed by atoms with Gasteiger partial charge in [-0.2, -0.15) is 0 Å². The van der Waals surface area contributed by atoms with Crippen molar-refractivity contribution in [2.75, 3.05) is 18.1 Å². The smallest absolute Gasteiger partial charge is 0.135 e. The van der Waals surface area contributed by atoms with Crippen LogP contribution in [-0.2, 0) is 11.3 Å². The standard InChI is InChI=1S/C26H31N3O3/c1-5-6-13-29(15-21-9-12-23(19(3)14-21)32-16-24(30)31)26-20(4)25(27-17-28-26)22-10-7-18(2)8-11-22/h7-12,14,17H,5-6,13,15-16H2,1-4H3,(H,30,31)/p-1. The first-order valence-corrected chi connectivity index (χ1v) is 10.9. The van der Waals surface area contributed by atoms with E-state index in [-0.39, 0.29) is 0 Å². The molecule has 2 aromatic carbocycles. The van der Waals surface area contributed by atoms with E-state index in [1.165, 1.54) is 5.56 Å². The number of carboxylic acids is 1. The molecule has 0 aliphatic heterocycles. The van der Waals surface area contributed by atoms with Crippen LogP contribution in [0.15, 0.2) is 48.8 Å². The van der Waals surface area contributed by atoms with Gasteiger partial charge in [0.25, 0.3) is 0 Å². The lowest BCUT2D eigenvalue weighted by atomic mass is 10.0. The molecule has 0 spiro atoms. The third-order valence-corrected chi connectivity index (χ3v) is 5.42. The predicted molar refractivity (Wildman–Crippen MR) is 125 cm³/mol. The van der Waals surface area contributed by atoms with Gasteiger partial charge in [-0.05, 0) is 44.4 Å². The van der Waals surface area contributed by atoms with Crippen LogP contribution in [0.2, 0.25) is 0 Å². The molecule has 0 amide bonds. The molecule has 0 aliphatic rings. The van der Waals surface area contributed by atoms with Gasteiger partial charge in [-0.1, -0.05) is 55.3 Å². The number of ether oxygens (including phenoxy) is 1. The van der Waals surface area contributed by atoms with Crippen molar-refractivity contribution < 1.29 is 14.6 Å². The summed E-state index contributed by atoms with van der Waals surface area (Å²) in [6.45, 7) is 9.35. The zero-order valence-electron chi connectivity index (χ0n) is 19.2. The van der Waals surface area contributed by atoms with Gasteiger partial charge in [-0.15, -0.1) is 0 Å². The molecule has 168 valence electrons. The number of anilines is 1. The molecule has 1 heterocycles. The molecule has 0 aliphatic carbocycles. The molecule has 3 rings (SSSR count). The molecule has 3 aromatic rings. The minimum atomic E-state index is -1.23. The summed E-state index contributed by atoms with van der Waals surface area (Å²) in [6.07, 6.45) is 3.77. The molecule has 0 unspecified atom stereocenters. The number of carboxylic acid groups (broad SMARTS) is 1. The number of hydrogen-bond donors (Lipinski definition) is 0. The van der Waals surface area contributed by atoms with Crippen LogP contribution in [0, 0.1) is 20.8 Å². The fourth-order valence-corrected chi connectivity index (χ4v) is 3.70. The van der Waals surface area contributed by atoms with E-state index in [1.54, 1.807) is 6.33 Å². The Balaban J connectivity index is 1.88. The summed E-state index contributed by atoms with van der Waals surface area (Å²) in [6, 6.07) is 14.2. The normalized spacial score (nSPS) is 10.8. The topological polar surface area (TPSA) is 78.4 Å². The van der Waals surface area contributed by atoms with Gasteiger partial charge in [-0.3, -0.25) is 0 Å². The van der Waals surface area contributed by atoms with Gasteiger partial charge < -0.3 is 19.5 Å². The Bertz CT molecular complexity index is 1060. The van der Waals surface area contributed by atoms with Crippen LogP contribution in [0.3, 0.4) is 0 Å². The van der Waals surface area contributed by atoms with Gasteiger partial charge in [0, 0.05) is 24.2 Å². The fraction of sp³-hybridized carbons (Fsp3) is 0.346. The zero-order valence-corrected chi connectivity index (χ0v) is 19.2. The summed E-state index contributed by atoms with van der Waals surface area (Å²) in [5.41, 5.74) is 6.29. The highest BCUT2D eigenvalue weighted by Crippen LogP contribution is 2.29. The number of unbranched alkanes of at least 4 members (excludes halogenated alkanes) is 1. The van der Waals surface area contributed by atoms with Crippen molar-refractivity contribution in [3.63, 3.8) is 0 Å². The number of carbonyl (C=O) groups is 1. The molecule has 0 saturated heterocycles. The molecule has 6 nitrogen and oxygen atoms in total. The first-order chi connectivity index (χ1) is 15.4. The van der Waals surface area contributed by atoms with Crippen molar-refractivity contribution in [2.24, 2.45) is 0 Å². The summed E-state index contributed by atoms with van der Waals surface area (Å²) in [5, 5.41) is 10.7. The Morgan fingerprint density at radius 2 is 1.81 bits per heavy atom. The minimum absolute atomic E-state index is 0.454. The quantitative estimate of drug-likeness (QED) is 0.482. The van der Waals surface area contributed by atoms with Gasteiger partial charge in [0.2, 0.25) is 0 Å². The summed E-state index contributed by atoms with van der Waals surface area (Å²) in [4.78, 5) is 22.2. The lowest BCUT2D eigenvalue weighted by Gasteiger charge is -2.26. The maximum atomic E-state index is 10.7. The number of rotatable bonds is 10. The second-order valence-electron chi connectivity index (χ2n) is 8.07. The van der Waals surface area contributed by atoms with E-state index in [1.807, 2.05) is 25.1 Å². The average molecular weight is 433 g/mol. The summed E-state index contributed by atoms with van der Waals surface area (Å²) in [7, 11) is 0. The Morgan fingerprint density at radius 1 is 1.06 bits per heavy atom. The predicted octanol–water partition coefficient (Wildman–Crippen LogP) is 4.00. The summed E-state index contributed by atoms with van der Waals surface area (Å²) < 4.78 is 5.30. The van der Waals surface area contributed by atoms with Crippen molar-refractivity contribution in [2.45, 2.75) is 47.1 Å². The number of benzene rings is 2. The summed E-state index contributed by atoms with van der Waals surface area (Å²) in [5.74, 6) is 0.250. The molecule has 0 atom stereocenters. The van der Waals surface area contributed by atoms with Gasteiger partial charge in [0.05, 0.1) is 11.7 Å². The second-order valence-corrected chi connectivity index (χ2v) is 8.07. The first-order valence-electron chi connectivity index (χ1n) is 10.9. The van der Waals surface area contributed by atoms with E-state index in [0.717, 1.165) is 53.2 Å². The lowest BCUT2D eigenvalue weighted by Crippen LogP contribution is -2.29. The molecule has 0 radical (unpaired) electrons. The highest BCUT2D eigenvalue weighted by Gasteiger charge is 2.16. The molecule has 6 heteroatoms. The largest absolute Gasteiger partial charge is 0.546 e. The van der Waals surface area contributed by atoms with E-state index in [9.17, 15) is 9.90 Å². The van der Waals surface area contributed by atoms with Gasteiger partial charge in [-0.25, -0.2) is 9.97 Å². The van der Waals surface area contributed by atoms with Gasteiger partial charge in [0.1, 0.15) is 24.5 Å². The fourth-order valence-electron chi connectivity index (χ4n) is 3.70. The van der Waals surface area contributed by atoms with Crippen molar-refractivity contribution in [3.8, 4) is 17.0 Å². The Labute approximate surface area is 189 Å². The molecule has 0 saturated carbocycles. The van der Waals surface area contributed by atoms with E-state index in [0.29, 0.717) is 12.3 Å². The second kappa shape index (κ2) is 10.8. The molecule has 1 aromatic heterocycles. The average Bonchev–Trinajstić information content (AvgIpc) is 2.77. The lowest BCUT2D eigenvalue weighted by molar-refractivity contribution is -0.307. The Kier molecular flexibility index (Phi) is 7.82. The van der Waals surface area contributed by atoms with Crippen LogP contribution in [0.25, 0.3) is 11.3 Å². The van der Waals surface area contributed by atoms with E-state index in [2.05, 4.69) is 59.9 Å². The van der Waals surface area contributed by atoms with Crippen LogP contribution in [0.5, 0.6) is 5.75 Å². The SMILES string of the molecule is CCCCN(Cc1ccc(OCC(=O)[O-])c(C)c1)c1ncnc(-c2ccc(C)cc2)c1C. The highest BCUT2D eigenvalue weighted by molar-refractivity contribution is 5.68. The van der Waals surface area contributed by atoms with E-state index >= 15 is 0 Å². The van der Waals surface area contributed by atoms with Crippen LogP contribution in [-0.4, -0.2) is 29.1 Å². The minimum Gasteiger partial charge on any atom is -0.546 e. The number of hydrogen-bond acceptors (Lipinski definition) is 6. The Hall–Kier alpha value is -3.41. The maximum absolute atomic E-state index is 10.7. The van der Waals surface area contributed by atoms with Crippen LogP contribution in [0.4, 0.5) is 5.82 Å². The highest BCUT2D eigenvalue weighted by atomic mass is 16.5. The molecule has 0 bridgehead atoms. The molecule has 0 fully saturated rings. The van der Waals surface area contributed by atoms with Crippen molar-refractivity contribution in [1.29, 1.82) is 0 Å². The Morgan fingerprint density at radius 3 is 2.47 bits per heavy atom. The number of nitrogens with zero attached hydrogens (tertiary/aromatic N) is 3. The van der Waals surface area contributed by atoms with Crippen molar-refractivity contribution in [1.82, 2.24) is 9.97 Å². The zero-order chi connectivity index (χ0) is 23.1. The maximum Gasteiger partial charge on any atom is 0.135 e. The third kappa shape index (κ3) is 5.84. The van der Waals surface area contributed by atoms with Crippen molar-refractivity contribution >= 4 is 11.8 Å².